The number of aryl methyl sites for hydroxylation is 1. The predicted molar refractivity (Wildman–Crippen MR) is 135 cm³/mol. The maximum Gasteiger partial charge on any atom is 0.270 e. The van der Waals surface area contributed by atoms with Crippen LogP contribution in [0.3, 0.4) is 0 Å². The van der Waals surface area contributed by atoms with Gasteiger partial charge in [0.2, 0.25) is 0 Å². The summed E-state index contributed by atoms with van der Waals surface area (Å²) in [5.41, 5.74) is 2.85. The van der Waals surface area contributed by atoms with Crippen LogP contribution >= 0.6 is 12.2 Å². The molecule has 10 nitrogen and oxygen atoms in total. The number of morpholine rings is 1. The highest BCUT2D eigenvalue weighted by Gasteiger charge is 2.23. The molecule has 3 aromatic rings. The van der Waals surface area contributed by atoms with Crippen LogP contribution in [0.15, 0.2) is 52.9 Å². The summed E-state index contributed by atoms with van der Waals surface area (Å²) < 4.78 is 11.0. The Balaban J connectivity index is 1.53. The van der Waals surface area contributed by atoms with Gasteiger partial charge in [0, 0.05) is 36.5 Å². The van der Waals surface area contributed by atoms with Gasteiger partial charge in [0.15, 0.2) is 5.11 Å². The number of carbonyl (C=O) groups excluding carboxylic acids is 1. The van der Waals surface area contributed by atoms with Crippen molar-refractivity contribution in [2.75, 3.05) is 36.5 Å². The van der Waals surface area contributed by atoms with E-state index in [-0.39, 0.29) is 23.0 Å². The maximum absolute atomic E-state index is 13.1. The number of rotatable bonds is 6. The molecule has 3 N–H and O–H groups in total. The average Bonchev–Trinajstić information content (AvgIpc) is 3.35. The molecule has 0 spiro atoms. The SMILES string of the molecule is Cc1ccc(-c2ccc(CO)o2)cc1NC(=S)NC(=O)c1cc([N+](=O)[O-])ccc1N1CCOCC1. The van der Waals surface area contributed by atoms with Crippen molar-refractivity contribution in [3.8, 4) is 11.3 Å². The fourth-order valence-corrected chi connectivity index (χ4v) is 3.95. The molecule has 2 heterocycles. The van der Waals surface area contributed by atoms with E-state index in [0.717, 1.165) is 11.1 Å². The molecule has 1 amide bonds. The van der Waals surface area contributed by atoms with Crippen molar-refractivity contribution in [2.24, 2.45) is 0 Å². The minimum absolute atomic E-state index is 0.0465. The van der Waals surface area contributed by atoms with E-state index < -0.39 is 10.8 Å². The highest BCUT2D eigenvalue weighted by molar-refractivity contribution is 7.80. The second kappa shape index (κ2) is 10.6. The molecule has 0 radical (unpaired) electrons. The number of nitrogens with zero attached hydrogens (tertiary/aromatic N) is 2. The van der Waals surface area contributed by atoms with Gasteiger partial charge in [0.05, 0.1) is 29.4 Å². The maximum atomic E-state index is 13.1. The number of nitro groups is 1. The third kappa shape index (κ3) is 5.65. The van der Waals surface area contributed by atoms with Gasteiger partial charge in [-0.2, -0.15) is 0 Å². The number of amides is 1. The van der Waals surface area contributed by atoms with Crippen molar-refractivity contribution >= 4 is 40.3 Å². The lowest BCUT2D eigenvalue weighted by molar-refractivity contribution is -0.384. The first-order chi connectivity index (χ1) is 16.9. The summed E-state index contributed by atoms with van der Waals surface area (Å²) in [5, 5.41) is 26.2. The summed E-state index contributed by atoms with van der Waals surface area (Å²) in [4.78, 5) is 25.9. The summed E-state index contributed by atoms with van der Waals surface area (Å²) in [6.45, 7) is 3.83. The molecule has 2 aromatic carbocycles. The van der Waals surface area contributed by atoms with Gasteiger partial charge < -0.3 is 24.5 Å². The number of nitro benzene ring substituents is 1. The standard InChI is InChI=1S/C24H24N4O6S/c1-15-2-3-16(22-7-5-18(14-29)34-22)12-20(15)25-24(35)26-23(30)19-13-17(28(31)32)4-6-21(19)27-8-10-33-11-9-27/h2-7,12-13,29H,8-11,14H2,1H3,(H2,25,26,30,35). The number of furan rings is 1. The Bertz CT molecular complexity index is 1270. The molecule has 1 fully saturated rings. The lowest BCUT2D eigenvalue weighted by Crippen LogP contribution is -2.39. The van der Waals surface area contributed by atoms with Gasteiger partial charge in [-0.05, 0) is 49.0 Å². The second-order valence-corrected chi connectivity index (χ2v) is 8.33. The lowest BCUT2D eigenvalue weighted by Gasteiger charge is -2.30. The highest BCUT2D eigenvalue weighted by Crippen LogP contribution is 2.28. The number of non-ortho nitro benzene ring substituents is 1. The number of nitrogens with one attached hydrogen (secondary N) is 2. The van der Waals surface area contributed by atoms with Crippen molar-refractivity contribution in [3.05, 3.63) is 75.5 Å². The Morgan fingerprint density at radius 3 is 2.63 bits per heavy atom. The first-order valence-electron chi connectivity index (χ1n) is 10.9. The molecule has 4 rings (SSSR count). The molecule has 1 aromatic heterocycles. The largest absolute Gasteiger partial charge is 0.459 e. The van der Waals surface area contributed by atoms with E-state index in [2.05, 4.69) is 10.6 Å². The van der Waals surface area contributed by atoms with Crippen LogP contribution in [0.1, 0.15) is 21.7 Å². The average molecular weight is 497 g/mol. The molecule has 0 unspecified atom stereocenters. The van der Waals surface area contributed by atoms with Gasteiger partial charge >= 0.3 is 0 Å². The van der Waals surface area contributed by atoms with Crippen molar-refractivity contribution < 1.29 is 24.0 Å². The number of anilines is 2. The van der Waals surface area contributed by atoms with E-state index in [1.165, 1.54) is 12.1 Å². The molecule has 1 saturated heterocycles. The number of hydrogen-bond acceptors (Lipinski definition) is 8. The third-order valence-electron chi connectivity index (χ3n) is 5.60. The fraction of sp³-hybridized carbons (Fsp3) is 0.250. The Morgan fingerprint density at radius 2 is 1.94 bits per heavy atom. The van der Waals surface area contributed by atoms with E-state index >= 15 is 0 Å². The van der Waals surface area contributed by atoms with Gasteiger partial charge in [0.1, 0.15) is 18.1 Å². The van der Waals surface area contributed by atoms with Gasteiger partial charge in [-0.1, -0.05) is 12.1 Å². The van der Waals surface area contributed by atoms with Gasteiger partial charge in [-0.3, -0.25) is 20.2 Å². The van der Waals surface area contributed by atoms with E-state index in [1.807, 2.05) is 30.0 Å². The van der Waals surface area contributed by atoms with Crippen LogP contribution in [-0.2, 0) is 11.3 Å². The number of thiocarbonyl (C=S) groups is 1. The van der Waals surface area contributed by atoms with Crippen molar-refractivity contribution in [3.63, 3.8) is 0 Å². The molecule has 35 heavy (non-hydrogen) atoms. The highest BCUT2D eigenvalue weighted by atomic mass is 32.1. The van der Waals surface area contributed by atoms with Crippen molar-refractivity contribution in [2.45, 2.75) is 13.5 Å². The number of carbonyl (C=O) groups is 1. The third-order valence-corrected chi connectivity index (χ3v) is 5.81. The quantitative estimate of drug-likeness (QED) is 0.266. The van der Waals surface area contributed by atoms with E-state index in [0.29, 0.717) is 49.2 Å². The van der Waals surface area contributed by atoms with Crippen LogP contribution < -0.4 is 15.5 Å². The first kappa shape index (κ1) is 24.3. The summed E-state index contributed by atoms with van der Waals surface area (Å²) in [7, 11) is 0. The molecule has 1 aliphatic heterocycles. The summed E-state index contributed by atoms with van der Waals surface area (Å²) in [6, 6.07) is 13.2. The smallest absolute Gasteiger partial charge is 0.270 e. The first-order valence-corrected chi connectivity index (χ1v) is 11.3. The van der Waals surface area contributed by atoms with Gasteiger partial charge in [-0.15, -0.1) is 0 Å². The number of aliphatic hydroxyl groups excluding tert-OH is 1. The van der Waals surface area contributed by atoms with Crippen molar-refractivity contribution in [1.82, 2.24) is 5.32 Å². The molecular formula is C24H24N4O6S. The zero-order chi connectivity index (χ0) is 24.9. The van der Waals surface area contributed by atoms with Crippen LogP contribution in [0.4, 0.5) is 17.1 Å². The van der Waals surface area contributed by atoms with Crippen molar-refractivity contribution in [1.29, 1.82) is 0 Å². The minimum atomic E-state index is -0.555. The molecule has 0 atom stereocenters. The molecular weight excluding hydrogens is 472 g/mol. The monoisotopic (exact) mass is 496 g/mol. The normalized spacial score (nSPS) is 13.4. The topological polar surface area (TPSA) is 130 Å². The van der Waals surface area contributed by atoms with Crippen LogP contribution in [-0.4, -0.2) is 47.4 Å². The summed E-state index contributed by atoms with van der Waals surface area (Å²) in [5.74, 6) is 0.477. The minimum Gasteiger partial charge on any atom is -0.459 e. The molecule has 11 heteroatoms. The van der Waals surface area contributed by atoms with E-state index in [9.17, 15) is 20.0 Å². The predicted octanol–water partition coefficient (Wildman–Crippen LogP) is 3.62. The molecule has 1 aliphatic rings. The van der Waals surface area contributed by atoms with Gasteiger partial charge in [-0.25, -0.2) is 0 Å². The summed E-state index contributed by atoms with van der Waals surface area (Å²) in [6.07, 6.45) is 0. The Morgan fingerprint density at radius 1 is 1.17 bits per heavy atom. The number of aliphatic hydroxyl groups is 1. The van der Waals surface area contributed by atoms with E-state index in [4.69, 9.17) is 21.4 Å². The zero-order valence-electron chi connectivity index (χ0n) is 18.9. The van der Waals surface area contributed by atoms with Crippen LogP contribution in [0.2, 0.25) is 0 Å². The zero-order valence-corrected chi connectivity index (χ0v) is 19.8. The van der Waals surface area contributed by atoms with Crippen LogP contribution in [0.25, 0.3) is 11.3 Å². The molecule has 182 valence electrons. The number of benzene rings is 2. The summed E-state index contributed by atoms with van der Waals surface area (Å²) >= 11 is 5.37. The van der Waals surface area contributed by atoms with Gasteiger partial charge in [0.25, 0.3) is 11.6 Å². The Hall–Kier alpha value is -3.80. The van der Waals surface area contributed by atoms with Crippen LogP contribution in [0, 0.1) is 17.0 Å². The second-order valence-electron chi connectivity index (χ2n) is 7.92. The molecule has 0 bridgehead atoms. The number of ether oxygens (including phenoxy) is 1. The fourth-order valence-electron chi connectivity index (χ4n) is 3.75. The Kier molecular flexibility index (Phi) is 7.39. The number of hydrogen-bond donors (Lipinski definition) is 3. The van der Waals surface area contributed by atoms with E-state index in [1.54, 1.807) is 18.2 Å². The molecule has 0 aliphatic carbocycles. The lowest BCUT2D eigenvalue weighted by atomic mass is 10.1. The molecule has 0 saturated carbocycles. The van der Waals surface area contributed by atoms with Crippen LogP contribution in [0.5, 0.6) is 0 Å². The Labute approximate surface area is 206 Å².